The van der Waals surface area contributed by atoms with E-state index in [1.807, 2.05) is 6.92 Å². The zero-order valence-electron chi connectivity index (χ0n) is 12.9. The van der Waals surface area contributed by atoms with Gasteiger partial charge in [0.15, 0.2) is 0 Å². The van der Waals surface area contributed by atoms with Gasteiger partial charge in [-0.05, 0) is 25.2 Å². The topological polar surface area (TPSA) is 89.9 Å². The number of aliphatic hydroxyl groups excluding tert-OH is 1. The Kier molecular flexibility index (Phi) is 8.12. The molecule has 1 saturated carbocycles. The molecule has 0 heterocycles. The summed E-state index contributed by atoms with van der Waals surface area (Å²) in [5, 5.41) is 20.7. The van der Waals surface area contributed by atoms with Gasteiger partial charge in [-0.2, -0.15) is 0 Å². The minimum Gasteiger partial charge on any atom is -0.481 e. The van der Waals surface area contributed by atoms with Crippen molar-refractivity contribution in [2.75, 3.05) is 19.7 Å². The van der Waals surface area contributed by atoms with E-state index in [0.29, 0.717) is 19.5 Å². The molecule has 0 saturated heterocycles. The van der Waals surface area contributed by atoms with Crippen LogP contribution >= 0.6 is 0 Å². The Labute approximate surface area is 126 Å². The molecule has 1 aliphatic rings. The highest BCUT2D eigenvalue weighted by atomic mass is 16.4. The fourth-order valence-electron chi connectivity index (χ4n) is 2.79. The van der Waals surface area contributed by atoms with Crippen LogP contribution in [0.2, 0.25) is 0 Å². The predicted octanol–water partition coefficient (Wildman–Crippen LogP) is 1.82. The first-order valence-electron chi connectivity index (χ1n) is 7.91. The predicted molar refractivity (Wildman–Crippen MR) is 80.1 cm³/mol. The van der Waals surface area contributed by atoms with E-state index in [4.69, 9.17) is 10.2 Å². The van der Waals surface area contributed by atoms with E-state index in [0.717, 1.165) is 25.7 Å². The molecule has 2 amide bonds. The molecular formula is C15H28N2O4. The number of carbonyl (C=O) groups is 2. The standard InChI is InChI=1S/C15H28N2O4/c1-12(7-8-14(19)20)11-16-15(21)17(9-10-18)13-5-3-2-4-6-13/h12-13,18H,2-11H2,1H3,(H,16,21)(H,19,20). The highest BCUT2D eigenvalue weighted by Crippen LogP contribution is 2.22. The van der Waals surface area contributed by atoms with Gasteiger partial charge in [-0.25, -0.2) is 4.79 Å². The molecule has 1 fully saturated rings. The van der Waals surface area contributed by atoms with E-state index in [1.54, 1.807) is 4.90 Å². The van der Waals surface area contributed by atoms with Gasteiger partial charge in [0, 0.05) is 25.6 Å². The van der Waals surface area contributed by atoms with E-state index >= 15 is 0 Å². The van der Waals surface area contributed by atoms with Crippen LogP contribution in [0.15, 0.2) is 0 Å². The second-order valence-electron chi connectivity index (χ2n) is 5.93. The van der Waals surface area contributed by atoms with Gasteiger partial charge in [-0.15, -0.1) is 0 Å². The normalized spacial score (nSPS) is 17.2. The van der Waals surface area contributed by atoms with Gasteiger partial charge in [0.25, 0.3) is 0 Å². The zero-order chi connectivity index (χ0) is 15.7. The first-order chi connectivity index (χ1) is 10.0. The van der Waals surface area contributed by atoms with Crippen LogP contribution in [0, 0.1) is 5.92 Å². The van der Waals surface area contributed by atoms with Crippen molar-refractivity contribution in [3.05, 3.63) is 0 Å². The van der Waals surface area contributed by atoms with Gasteiger partial charge in [0.2, 0.25) is 0 Å². The van der Waals surface area contributed by atoms with Crippen LogP contribution in [0.4, 0.5) is 4.79 Å². The van der Waals surface area contributed by atoms with Crippen molar-refractivity contribution in [3.8, 4) is 0 Å². The van der Waals surface area contributed by atoms with Crippen molar-refractivity contribution in [1.82, 2.24) is 10.2 Å². The quantitative estimate of drug-likeness (QED) is 0.638. The molecule has 0 aromatic carbocycles. The van der Waals surface area contributed by atoms with Gasteiger partial charge in [0.1, 0.15) is 0 Å². The Morgan fingerprint density at radius 2 is 1.95 bits per heavy atom. The van der Waals surface area contributed by atoms with Crippen LogP contribution in [0.3, 0.4) is 0 Å². The molecule has 21 heavy (non-hydrogen) atoms. The zero-order valence-corrected chi connectivity index (χ0v) is 12.9. The van der Waals surface area contributed by atoms with Crippen LogP contribution in [0.1, 0.15) is 51.9 Å². The summed E-state index contributed by atoms with van der Waals surface area (Å²) in [6, 6.07) is 0.0818. The molecule has 122 valence electrons. The maximum atomic E-state index is 12.3. The third-order valence-electron chi connectivity index (χ3n) is 4.07. The number of carboxylic acid groups (broad SMARTS) is 1. The fraction of sp³-hybridized carbons (Fsp3) is 0.867. The maximum absolute atomic E-state index is 12.3. The summed E-state index contributed by atoms with van der Waals surface area (Å²) in [6.07, 6.45) is 6.17. The molecule has 3 N–H and O–H groups in total. The van der Waals surface area contributed by atoms with Crippen LogP contribution < -0.4 is 5.32 Å². The summed E-state index contributed by atoms with van der Waals surface area (Å²) in [4.78, 5) is 24.5. The molecule has 0 aliphatic heterocycles. The number of carboxylic acids is 1. The van der Waals surface area contributed by atoms with Crippen LogP contribution in [-0.2, 0) is 4.79 Å². The van der Waals surface area contributed by atoms with Gasteiger partial charge in [-0.1, -0.05) is 26.2 Å². The molecule has 1 unspecified atom stereocenters. The summed E-state index contributed by atoms with van der Waals surface area (Å²) in [7, 11) is 0. The van der Waals surface area contributed by atoms with Crippen molar-refractivity contribution in [2.45, 2.75) is 57.9 Å². The van der Waals surface area contributed by atoms with Crippen LogP contribution in [0.5, 0.6) is 0 Å². The Balaban J connectivity index is 2.39. The third-order valence-corrected chi connectivity index (χ3v) is 4.07. The number of amides is 2. The third kappa shape index (κ3) is 6.80. The fourth-order valence-corrected chi connectivity index (χ4v) is 2.79. The van der Waals surface area contributed by atoms with Crippen molar-refractivity contribution in [3.63, 3.8) is 0 Å². The summed E-state index contributed by atoms with van der Waals surface area (Å²) >= 11 is 0. The van der Waals surface area contributed by atoms with E-state index in [-0.39, 0.29) is 31.0 Å². The van der Waals surface area contributed by atoms with E-state index in [9.17, 15) is 9.59 Å². The molecule has 1 atom stereocenters. The summed E-state index contributed by atoms with van der Waals surface area (Å²) in [5.74, 6) is -0.676. The van der Waals surface area contributed by atoms with Crippen molar-refractivity contribution in [1.29, 1.82) is 0 Å². The SMILES string of the molecule is CC(CCC(=O)O)CNC(=O)N(CCO)C1CCCCC1. The number of aliphatic hydroxyl groups is 1. The lowest BCUT2D eigenvalue weighted by Gasteiger charge is -2.34. The monoisotopic (exact) mass is 300 g/mol. The molecule has 1 aliphatic carbocycles. The summed E-state index contributed by atoms with van der Waals surface area (Å²) in [5.41, 5.74) is 0. The minimum absolute atomic E-state index is 0.0293. The van der Waals surface area contributed by atoms with E-state index in [1.165, 1.54) is 6.42 Å². The number of aliphatic carboxylic acids is 1. The minimum atomic E-state index is -0.808. The molecule has 6 nitrogen and oxygen atoms in total. The summed E-state index contributed by atoms with van der Waals surface area (Å²) in [6.45, 7) is 2.74. The number of hydrogen-bond donors (Lipinski definition) is 3. The molecule has 0 aromatic heterocycles. The second-order valence-corrected chi connectivity index (χ2v) is 5.93. The maximum Gasteiger partial charge on any atom is 0.317 e. The number of carbonyl (C=O) groups excluding carboxylic acids is 1. The largest absolute Gasteiger partial charge is 0.481 e. The Morgan fingerprint density at radius 1 is 1.29 bits per heavy atom. The number of rotatable bonds is 8. The second kappa shape index (κ2) is 9.60. The van der Waals surface area contributed by atoms with Crippen LogP contribution in [0.25, 0.3) is 0 Å². The highest BCUT2D eigenvalue weighted by Gasteiger charge is 2.25. The lowest BCUT2D eigenvalue weighted by Crippen LogP contribution is -2.49. The lowest BCUT2D eigenvalue weighted by molar-refractivity contribution is -0.137. The average Bonchev–Trinajstić information content (AvgIpc) is 2.49. The van der Waals surface area contributed by atoms with Gasteiger partial charge in [-0.3, -0.25) is 4.79 Å². The van der Waals surface area contributed by atoms with E-state index in [2.05, 4.69) is 5.32 Å². The summed E-state index contributed by atoms with van der Waals surface area (Å²) < 4.78 is 0. The molecule has 0 radical (unpaired) electrons. The van der Waals surface area contributed by atoms with Gasteiger partial charge in [0.05, 0.1) is 6.61 Å². The Bertz CT molecular complexity index is 330. The molecular weight excluding hydrogens is 272 g/mol. The molecule has 0 aromatic rings. The number of urea groups is 1. The molecule has 0 bridgehead atoms. The van der Waals surface area contributed by atoms with E-state index < -0.39 is 5.97 Å². The Morgan fingerprint density at radius 3 is 2.52 bits per heavy atom. The Hall–Kier alpha value is -1.30. The smallest absolute Gasteiger partial charge is 0.317 e. The molecule has 6 heteroatoms. The number of nitrogens with one attached hydrogen (secondary N) is 1. The number of hydrogen-bond acceptors (Lipinski definition) is 3. The molecule has 0 spiro atoms. The van der Waals surface area contributed by atoms with Crippen molar-refractivity contribution < 1.29 is 19.8 Å². The first-order valence-corrected chi connectivity index (χ1v) is 7.91. The highest BCUT2D eigenvalue weighted by molar-refractivity contribution is 5.74. The average molecular weight is 300 g/mol. The van der Waals surface area contributed by atoms with Crippen LogP contribution in [-0.4, -0.2) is 52.9 Å². The van der Waals surface area contributed by atoms with Gasteiger partial charge < -0.3 is 20.4 Å². The lowest BCUT2D eigenvalue weighted by atomic mass is 9.94. The molecule has 1 rings (SSSR count). The first kappa shape index (κ1) is 17.8. The van der Waals surface area contributed by atoms with Crippen molar-refractivity contribution >= 4 is 12.0 Å². The number of nitrogens with zero attached hydrogens (tertiary/aromatic N) is 1. The van der Waals surface area contributed by atoms with Gasteiger partial charge >= 0.3 is 12.0 Å². The van der Waals surface area contributed by atoms with Crippen molar-refractivity contribution in [2.24, 2.45) is 5.92 Å².